The van der Waals surface area contributed by atoms with Gasteiger partial charge in [0.25, 0.3) is 0 Å². The molecule has 3 atom stereocenters. The zero-order chi connectivity index (χ0) is 8.28. The molecule has 0 heterocycles. The van der Waals surface area contributed by atoms with Crippen LogP contribution in [0.5, 0.6) is 0 Å². The Labute approximate surface area is 75.2 Å². The molecule has 0 saturated heterocycles. The zero-order valence-electron chi connectivity index (χ0n) is 7.72. The first-order chi connectivity index (χ1) is 4.97. The Balaban J connectivity index is 2.37. The number of fused-ring (bicyclic) bond motifs is 2. The zero-order valence-corrected chi connectivity index (χ0v) is 8.62. The summed E-state index contributed by atoms with van der Waals surface area (Å²) in [7, 11) is 0. The molecular formula is C10H18S. The van der Waals surface area contributed by atoms with E-state index in [0.717, 1.165) is 5.92 Å². The molecule has 2 rings (SSSR count). The Morgan fingerprint density at radius 2 is 1.91 bits per heavy atom. The van der Waals surface area contributed by atoms with Crippen LogP contribution in [-0.4, -0.2) is 5.25 Å². The van der Waals surface area contributed by atoms with Gasteiger partial charge in [0.05, 0.1) is 0 Å². The lowest BCUT2D eigenvalue weighted by atomic mass is 9.71. The summed E-state index contributed by atoms with van der Waals surface area (Å²) >= 11 is 4.67. The third kappa shape index (κ3) is 0.783. The van der Waals surface area contributed by atoms with Crippen molar-refractivity contribution in [2.24, 2.45) is 16.7 Å². The van der Waals surface area contributed by atoms with E-state index in [1.165, 1.54) is 19.3 Å². The van der Waals surface area contributed by atoms with Gasteiger partial charge in [-0.3, -0.25) is 0 Å². The second kappa shape index (κ2) is 1.99. The van der Waals surface area contributed by atoms with Crippen molar-refractivity contribution in [3.63, 3.8) is 0 Å². The number of rotatable bonds is 0. The molecule has 2 bridgehead atoms. The highest BCUT2D eigenvalue weighted by Gasteiger charge is 2.59. The van der Waals surface area contributed by atoms with Gasteiger partial charge in [0.2, 0.25) is 0 Å². The van der Waals surface area contributed by atoms with E-state index in [1.54, 1.807) is 0 Å². The molecule has 64 valence electrons. The average molecular weight is 170 g/mol. The van der Waals surface area contributed by atoms with E-state index >= 15 is 0 Å². The molecular weight excluding hydrogens is 152 g/mol. The van der Waals surface area contributed by atoms with E-state index in [2.05, 4.69) is 33.4 Å². The summed E-state index contributed by atoms with van der Waals surface area (Å²) < 4.78 is 0. The molecule has 2 aliphatic carbocycles. The van der Waals surface area contributed by atoms with Crippen LogP contribution in [0.2, 0.25) is 0 Å². The molecule has 0 N–H and O–H groups in total. The molecule has 3 unspecified atom stereocenters. The van der Waals surface area contributed by atoms with Gasteiger partial charge in [-0.2, -0.15) is 12.6 Å². The van der Waals surface area contributed by atoms with Gasteiger partial charge in [0.15, 0.2) is 0 Å². The van der Waals surface area contributed by atoms with E-state index < -0.39 is 0 Å². The smallest absolute Gasteiger partial charge is 0.00557 e. The molecule has 0 aromatic carbocycles. The van der Waals surface area contributed by atoms with Gasteiger partial charge in [-0.05, 0) is 36.0 Å². The third-order valence-electron chi connectivity index (χ3n) is 4.61. The minimum absolute atomic E-state index is 0.555. The molecule has 0 aromatic heterocycles. The number of hydrogen-bond donors (Lipinski definition) is 1. The summed E-state index contributed by atoms with van der Waals surface area (Å²) in [6, 6.07) is 0. The average Bonchev–Trinajstić information content (AvgIpc) is 2.13. The largest absolute Gasteiger partial charge is 0.176 e. The molecule has 0 amide bonds. The van der Waals surface area contributed by atoms with Crippen molar-refractivity contribution in [3.05, 3.63) is 0 Å². The first-order valence-corrected chi connectivity index (χ1v) is 5.17. The van der Waals surface area contributed by atoms with Crippen molar-refractivity contribution in [3.8, 4) is 0 Å². The van der Waals surface area contributed by atoms with Crippen molar-refractivity contribution in [2.45, 2.75) is 45.3 Å². The lowest BCUT2D eigenvalue weighted by Crippen LogP contribution is -2.26. The number of thiol groups is 1. The summed E-state index contributed by atoms with van der Waals surface area (Å²) in [5, 5.41) is 0.684. The number of hydrogen-bond acceptors (Lipinski definition) is 1. The maximum absolute atomic E-state index is 4.67. The maximum Gasteiger partial charge on any atom is 0.00557 e. The Morgan fingerprint density at radius 3 is 2.09 bits per heavy atom. The molecule has 2 aliphatic rings. The van der Waals surface area contributed by atoms with Gasteiger partial charge >= 0.3 is 0 Å². The molecule has 0 aliphatic heterocycles. The van der Waals surface area contributed by atoms with Crippen LogP contribution in [0.3, 0.4) is 0 Å². The van der Waals surface area contributed by atoms with E-state index in [4.69, 9.17) is 0 Å². The normalized spacial score (nSPS) is 53.5. The SMILES string of the molecule is CC12CCC(C(S)C1)C2(C)C. The summed E-state index contributed by atoms with van der Waals surface area (Å²) in [5.74, 6) is 0.885. The molecule has 2 fully saturated rings. The summed E-state index contributed by atoms with van der Waals surface area (Å²) in [4.78, 5) is 0. The van der Waals surface area contributed by atoms with Crippen LogP contribution in [0.4, 0.5) is 0 Å². The molecule has 0 nitrogen and oxygen atoms in total. The molecule has 0 aromatic rings. The lowest BCUT2D eigenvalue weighted by Gasteiger charge is -2.34. The van der Waals surface area contributed by atoms with E-state index in [-0.39, 0.29) is 0 Å². The van der Waals surface area contributed by atoms with Crippen molar-refractivity contribution >= 4 is 12.6 Å². The predicted molar refractivity (Wildman–Crippen MR) is 52.0 cm³/mol. The van der Waals surface area contributed by atoms with E-state index in [1.807, 2.05) is 0 Å². The first-order valence-electron chi connectivity index (χ1n) is 4.65. The Bertz CT molecular complexity index is 183. The second-order valence-electron chi connectivity index (χ2n) is 5.20. The lowest BCUT2D eigenvalue weighted by molar-refractivity contribution is 0.152. The Kier molecular flexibility index (Phi) is 1.44. The van der Waals surface area contributed by atoms with Gasteiger partial charge in [-0.25, -0.2) is 0 Å². The Morgan fingerprint density at radius 1 is 1.27 bits per heavy atom. The topological polar surface area (TPSA) is 0 Å². The van der Waals surface area contributed by atoms with Crippen LogP contribution in [0.25, 0.3) is 0 Å². The maximum atomic E-state index is 4.67. The highest BCUT2D eigenvalue weighted by molar-refractivity contribution is 7.81. The van der Waals surface area contributed by atoms with Gasteiger partial charge in [-0.15, -0.1) is 0 Å². The van der Waals surface area contributed by atoms with Gasteiger partial charge in [0, 0.05) is 5.25 Å². The molecule has 11 heavy (non-hydrogen) atoms. The van der Waals surface area contributed by atoms with Crippen LogP contribution >= 0.6 is 12.6 Å². The van der Waals surface area contributed by atoms with Crippen molar-refractivity contribution in [2.75, 3.05) is 0 Å². The second-order valence-corrected chi connectivity index (χ2v) is 5.86. The summed E-state index contributed by atoms with van der Waals surface area (Å²) in [6.45, 7) is 7.31. The van der Waals surface area contributed by atoms with Crippen LogP contribution in [-0.2, 0) is 0 Å². The highest BCUT2D eigenvalue weighted by atomic mass is 32.1. The minimum atomic E-state index is 0.555. The van der Waals surface area contributed by atoms with Crippen LogP contribution < -0.4 is 0 Å². The monoisotopic (exact) mass is 170 g/mol. The summed E-state index contributed by atoms with van der Waals surface area (Å²) in [6.07, 6.45) is 4.19. The predicted octanol–water partition coefficient (Wildman–Crippen LogP) is 3.13. The standard InChI is InChI=1S/C10H18S/c1-9(2)7-4-5-10(9,3)6-8(7)11/h7-8,11H,4-6H2,1-3H3. The third-order valence-corrected chi connectivity index (χ3v) is 5.16. The quantitative estimate of drug-likeness (QED) is 0.531. The molecule has 0 spiro atoms. The minimum Gasteiger partial charge on any atom is -0.176 e. The van der Waals surface area contributed by atoms with Crippen LogP contribution in [0, 0.1) is 16.7 Å². The fourth-order valence-corrected chi connectivity index (χ4v) is 4.17. The fourth-order valence-electron chi connectivity index (χ4n) is 3.25. The molecule has 1 heteroatoms. The van der Waals surface area contributed by atoms with Crippen molar-refractivity contribution < 1.29 is 0 Å². The van der Waals surface area contributed by atoms with E-state index in [9.17, 15) is 0 Å². The van der Waals surface area contributed by atoms with Gasteiger partial charge in [0.1, 0.15) is 0 Å². The van der Waals surface area contributed by atoms with Crippen molar-refractivity contribution in [1.82, 2.24) is 0 Å². The fraction of sp³-hybridized carbons (Fsp3) is 1.00. The van der Waals surface area contributed by atoms with Crippen molar-refractivity contribution in [1.29, 1.82) is 0 Å². The van der Waals surface area contributed by atoms with Gasteiger partial charge < -0.3 is 0 Å². The molecule has 0 radical (unpaired) electrons. The first kappa shape index (κ1) is 7.97. The van der Waals surface area contributed by atoms with Crippen LogP contribution in [0.15, 0.2) is 0 Å². The molecule has 2 saturated carbocycles. The van der Waals surface area contributed by atoms with E-state index in [0.29, 0.717) is 16.1 Å². The summed E-state index contributed by atoms with van der Waals surface area (Å²) in [5.41, 5.74) is 1.16. The Hall–Kier alpha value is 0.350. The van der Waals surface area contributed by atoms with Crippen LogP contribution in [0.1, 0.15) is 40.0 Å². The highest BCUT2D eigenvalue weighted by Crippen LogP contribution is 2.66. The van der Waals surface area contributed by atoms with Gasteiger partial charge in [-0.1, -0.05) is 20.8 Å².